The third-order valence-corrected chi connectivity index (χ3v) is 5.98. The number of rotatable bonds is 6. The van der Waals surface area contributed by atoms with Gasteiger partial charge in [-0.25, -0.2) is 0 Å². The molecule has 2 aromatic carbocycles. The van der Waals surface area contributed by atoms with E-state index in [4.69, 9.17) is 9.15 Å². The summed E-state index contributed by atoms with van der Waals surface area (Å²) in [7, 11) is 1.60. The van der Waals surface area contributed by atoms with Gasteiger partial charge in [0.25, 0.3) is 5.91 Å². The van der Waals surface area contributed by atoms with Crippen LogP contribution in [-0.2, 0) is 4.79 Å². The molecule has 0 saturated heterocycles. The second-order valence-electron chi connectivity index (χ2n) is 8.73. The average molecular weight is 435 g/mol. The van der Waals surface area contributed by atoms with Crippen LogP contribution in [0.5, 0.6) is 5.75 Å². The standard InChI is InChI=1S/C26H30N2O4/c1-16(2)27-25(29)18-10-7-11-19(14-18)28-26(30)24-23(17-8-5-4-6-9-17)21-13-12-20(31-3)15-22(21)32-24/h4-6,8-9,12-13,15-16,18-19H,7,10-11,14H2,1-3H3,(H,27,29)(H,28,30). The Morgan fingerprint density at radius 1 is 1.09 bits per heavy atom. The molecule has 168 valence electrons. The molecule has 1 aliphatic rings. The van der Waals surface area contributed by atoms with Crippen molar-refractivity contribution < 1.29 is 18.7 Å². The number of amides is 2. The maximum atomic E-state index is 13.3. The number of carbonyl (C=O) groups is 2. The molecule has 1 aromatic heterocycles. The number of nitrogens with one attached hydrogen (secondary N) is 2. The van der Waals surface area contributed by atoms with Gasteiger partial charge in [-0.15, -0.1) is 0 Å². The molecular formula is C26H30N2O4. The normalized spacial score (nSPS) is 18.5. The molecule has 0 bridgehead atoms. The van der Waals surface area contributed by atoms with Crippen LogP contribution in [0.15, 0.2) is 52.9 Å². The third-order valence-electron chi connectivity index (χ3n) is 5.98. The summed E-state index contributed by atoms with van der Waals surface area (Å²) in [6.45, 7) is 3.92. The highest BCUT2D eigenvalue weighted by Crippen LogP contribution is 2.37. The lowest BCUT2D eigenvalue weighted by Crippen LogP contribution is -2.43. The van der Waals surface area contributed by atoms with E-state index in [1.807, 2.05) is 56.3 Å². The van der Waals surface area contributed by atoms with Crippen molar-refractivity contribution in [1.82, 2.24) is 10.6 Å². The van der Waals surface area contributed by atoms with Crippen LogP contribution < -0.4 is 15.4 Å². The van der Waals surface area contributed by atoms with Gasteiger partial charge in [-0.3, -0.25) is 9.59 Å². The van der Waals surface area contributed by atoms with Crippen molar-refractivity contribution >= 4 is 22.8 Å². The van der Waals surface area contributed by atoms with E-state index >= 15 is 0 Å². The van der Waals surface area contributed by atoms with Crippen molar-refractivity contribution in [1.29, 1.82) is 0 Å². The van der Waals surface area contributed by atoms with Gasteiger partial charge in [-0.1, -0.05) is 36.8 Å². The number of hydrogen-bond donors (Lipinski definition) is 2. The molecule has 1 fully saturated rings. The average Bonchev–Trinajstić information content (AvgIpc) is 3.18. The predicted octanol–water partition coefficient (Wildman–Crippen LogP) is 4.92. The summed E-state index contributed by atoms with van der Waals surface area (Å²) in [6.07, 6.45) is 3.25. The van der Waals surface area contributed by atoms with Crippen LogP contribution in [0.3, 0.4) is 0 Å². The smallest absolute Gasteiger partial charge is 0.287 e. The lowest BCUT2D eigenvalue weighted by molar-refractivity contribution is -0.126. The first-order valence-electron chi connectivity index (χ1n) is 11.2. The SMILES string of the molecule is COc1ccc2c(-c3ccccc3)c(C(=O)NC3CCCC(C(=O)NC(C)C)C3)oc2c1. The molecule has 1 aliphatic carbocycles. The number of hydrogen-bond acceptors (Lipinski definition) is 4. The van der Waals surface area contributed by atoms with E-state index < -0.39 is 0 Å². The lowest BCUT2D eigenvalue weighted by Gasteiger charge is -2.29. The van der Waals surface area contributed by atoms with E-state index in [2.05, 4.69) is 10.6 Å². The van der Waals surface area contributed by atoms with Crippen LogP contribution in [-0.4, -0.2) is 31.0 Å². The summed E-state index contributed by atoms with van der Waals surface area (Å²) in [5.74, 6) is 0.691. The Morgan fingerprint density at radius 2 is 1.88 bits per heavy atom. The van der Waals surface area contributed by atoms with Gasteiger partial charge in [0.2, 0.25) is 11.7 Å². The van der Waals surface area contributed by atoms with E-state index in [-0.39, 0.29) is 35.6 Å². The van der Waals surface area contributed by atoms with Crippen LogP contribution in [0.1, 0.15) is 50.1 Å². The minimum atomic E-state index is -0.256. The number of methoxy groups -OCH3 is 1. The Labute approximate surface area is 188 Å². The van der Waals surface area contributed by atoms with Crippen molar-refractivity contribution in [3.8, 4) is 16.9 Å². The van der Waals surface area contributed by atoms with E-state index in [1.165, 1.54) is 0 Å². The van der Waals surface area contributed by atoms with Crippen molar-refractivity contribution in [3.63, 3.8) is 0 Å². The first-order valence-corrected chi connectivity index (χ1v) is 11.2. The molecule has 0 aliphatic heterocycles. The van der Waals surface area contributed by atoms with E-state index in [9.17, 15) is 9.59 Å². The minimum absolute atomic E-state index is 0.0643. The molecule has 6 nitrogen and oxygen atoms in total. The Hall–Kier alpha value is -3.28. The van der Waals surface area contributed by atoms with Crippen LogP contribution in [0.25, 0.3) is 22.1 Å². The van der Waals surface area contributed by atoms with Crippen molar-refractivity contribution in [2.45, 2.75) is 51.6 Å². The third kappa shape index (κ3) is 4.64. The number of fused-ring (bicyclic) bond motifs is 1. The highest BCUT2D eigenvalue weighted by Gasteiger charge is 2.30. The van der Waals surface area contributed by atoms with Crippen LogP contribution in [0, 0.1) is 5.92 Å². The van der Waals surface area contributed by atoms with Gasteiger partial charge in [0.05, 0.1) is 7.11 Å². The molecule has 2 atom stereocenters. The van der Waals surface area contributed by atoms with Crippen molar-refractivity contribution in [3.05, 3.63) is 54.3 Å². The molecular weight excluding hydrogens is 404 g/mol. The Kier molecular flexibility index (Phi) is 6.49. The summed E-state index contributed by atoms with van der Waals surface area (Å²) in [4.78, 5) is 25.8. The number of benzene rings is 2. The molecule has 32 heavy (non-hydrogen) atoms. The quantitative estimate of drug-likeness (QED) is 0.577. The van der Waals surface area contributed by atoms with Gasteiger partial charge in [0, 0.05) is 35.0 Å². The number of furan rings is 1. The van der Waals surface area contributed by atoms with E-state index in [1.54, 1.807) is 13.2 Å². The lowest BCUT2D eigenvalue weighted by atomic mass is 9.85. The highest BCUT2D eigenvalue weighted by atomic mass is 16.5. The molecule has 4 rings (SSSR count). The Bertz CT molecular complexity index is 1100. The van der Waals surface area contributed by atoms with Gasteiger partial charge in [0.1, 0.15) is 11.3 Å². The summed E-state index contributed by atoms with van der Waals surface area (Å²) >= 11 is 0. The molecule has 3 aromatic rings. The van der Waals surface area contributed by atoms with Crippen LogP contribution in [0.4, 0.5) is 0 Å². The second-order valence-corrected chi connectivity index (χ2v) is 8.73. The van der Waals surface area contributed by atoms with Crippen molar-refractivity contribution in [2.24, 2.45) is 5.92 Å². The summed E-state index contributed by atoms with van der Waals surface area (Å²) < 4.78 is 11.4. The zero-order valence-corrected chi connectivity index (χ0v) is 18.8. The van der Waals surface area contributed by atoms with Gasteiger partial charge in [-0.2, -0.15) is 0 Å². The number of ether oxygens (including phenoxy) is 1. The monoisotopic (exact) mass is 434 g/mol. The Balaban J connectivity index is 1.61. The zero-order valence-electron chi connectivity index (χ0n) is 18.8. The van der Waals surface area contributed by atoms with E-state index in [0.29, 0.717) is 17.8 Å². The number of carbonyl (C=O) groups excluding carboxylic acids is 2. The second kappa shape index (κ2) is 9.47. The van der Waals surface area contributed by atoms with Crippen molar-refractivity contribution in [2.75, 3.05) is 7.11 Å². The zero-order chi connectivity index (χ0) is 22.7. The van der Waals surface area contributed by atoms with Crippen LogP contribution >= 0.6 is 0 Å². The fourth-order valence-electron chi connectivity index (χ4n) is 4.47. The Morgan fingerprint density at radius 3 is 2.59 bits per heavy atom. The van der Waals surface area contributed by atoms with Gasteiger partial charge < -0.3 is 19.8 Å². The molecule has 2 N–H and O–H groups in total. The molecule has 2 unspecified atom stereocenters. The summed E-state index contributed by atoms with van der Waals surface area (Å²) in [6, 6.07) is 15.4. The predicted molar refractivity (Wildman–Crippen MR) is 125 cm³/mol. The van der Waals surface area contributed by atoms with Gasteiger partial charge in [-0.05, 0) is 50.8 Å². The molecule has 0 radical (unpaired) electrons. The minimum Gasteiger partial charge on any atom is -0.497 e. The van der Waals surface area contributed by atoms with Gasteiger partial charge >= 0.3 is 0 Å². The van der Waals surface area contributed by atoms with Crippen LogP contribution in [0.2, 0.25) is 0 Å². The summed E-state index contributed by atoms with van der Waals surface area (Å²) in [5.41, 5.74) is 2.29. The largest absolute Gasteiger partial charge is 0.497 e. The molecule has 1 saturated carbocycles. The highest BCUT2D eigenvalue weighted by molar-refractivity contribution is 6.08. The van der Waals surface area contributed by atoms with E-state index in [0.717, 1.165) is 35.8 Å². The first-order chi connectivity index (χ1) is 15.5. The first kappa shape index (κ1) is 21.9. The van der Waals surface area contributed by atoms with Gasteiger partial charge in [0.15, 0.2) is 0 Å². The molecule has 0 spiro atoms. The topological polar surface area (TPSA) is 80.6 Å². The maximum Gasteiger partial charge on any atom is 0.287 e. The maximum absolute atomic E-state index is 13.3. The fraction of sp³-hybridized carbons (Fsp3) is 0.385. The summed E-state index contributed by atoms with van der Waals surface area (Å²) in [5, 5.41) is 6.99. The molecule has 2 amide bonds. The molecule has 1 heterocycles. The fourth-order valence-corrected chi connectivity index (χ4v) is 4.47. The molecule has 6 heteroatoms.